The third-order valence-electron chi connectivity index (χ3n) is 4.00. The largest absolute Gasteiger partial charge is 0.399 e. The zero-order valence-electron chi connectivity index (χ0n) is 12.0. The predicted molar refractivity (Wildman–Crippen MR) is 78.8 cm³/mol. The van der Waals surface area contributed by atoms with E-state index in [1.165, 1.54) is 13.0 Å². The van der Waals surface area contributed by atoms with Crippen LogP contribution in [0, 0.1) is 12.7 Å². The maximum atomic E-state index is 14.1. The number of hydrogen-bond donors (Lipinski definition) is 3. The van der Waals surface area contributed by atoms with E-state index in [2.05, 4.69) is 4.72 Å². The molecule has 1 aliphatic carbocycles. The SMILES string of the molecule is Cc1cc(N)cc(S(=O)(=O)NC2(CO)CCCCC2)c1F. The summed E-state index contributed by atoms with van der Waals surface area (Å²) in [5.74, 6) is -0.805. The van der Waals surface area contributed by atoms with E-state index in [4.69, 9.17) is 5.73 Å². The summed E-state index contributed by atoms with van der Waals surface area (Å²) >= 11 is 0. The van der Waals surface area contributed by atoms with Crippen molar-refractivity contribution in [2.24, 2.45) is 0 Å². The van der Waals surface area contributed by atoms with Crippen molar-refractivity contribution in [1.29, 1.82) is 0 Å². The first-order chi connectivity index (χ1) is 9.80. The molecule has 1 saturated carbocycles. The zero-order chi connectivity index (χ0) is 15.7. The van der Waals surface area contributed by atoms with Gasteiger partial charge in [-0.3, -0.25) is 0 Å². The number of anilines is 1. The Balaban J connectivity index is 2.38. The van der Waals surface area contributed by atoms with Gasteiger partial charge < -0.3 is 10.8 Å². The Morgan fingerprint density at radius 2 is 1.95 bits per heavy atom. The van der Waals surface area contributed by atoms with Crippen molar-refractivity contribution in [3.05, 3.63) is 23.5 Å². The van der Waals surface area contributed by atoms with Gasteiger partial charge >= 0.3 is 0 Å². The van der Waals surface area contributed by atoms with Crippen molar-refractivity contribution in [1.82, 2.24) is 4.72 Å². The molecule has 1 fully saturated rings. The molecule has 4 N–H and O–H groups in total. The Morgan fingerprint density at radius 1 is 1.33 bits per heavy atom. The number of nitrogens with one attached hydrogen (secondary N) is 1. The summed E-state index contributed by atoms with van der Waals surface area (Å²) in [6.07, 6.45) is 3.77. The highest BCUT2D eigenvalue weighted by molar-refractivity contribution is 7.89. The Morgan fingerprint density at radius 3 is 2.52 bits per heavy atom. The van der Waals surface area contributed by atoms with Gasteiger partial charge in [-0.1, -0.05) is 19.3 Å². The minimum atomic E-state index is -4.07. The Hall–Kier alpha value is -1.18. The van der Waals surface area contributed by atoms with Gasteiger partial charge in [0.05, 0.1) is 12.1 Å². The predicted octanol–water partition coefficient (Wildman–Crippen LogP) is 1.69. The number of nitrogen functional groups attached to an aromatic ring is 1. The maximum Gasteiger partial charge on any atom is 0.244 e. The minimum Gasteiger partial charge on any atom is -0.399 e. The van der Waals surface area contributed by atoms with Crippen LogP contribution in [0.1, 0.15) is 37.7 Å². The molecule has 1 aromatic rings. The summed E-state index contributed by atoms with van der Waals surface area (Å²) in [4.78, 5) is -0.460. The van der Waals surface area contributed by atoms with Crippen LogP contribution in [0.2, 0.25) is 0 Å². The van der Waals surface area contributed by atoms with Crippen LogP contribution >= 0.6 is 0 Å². The molecule has 0 bridgehead atoms. The fourth-order valence-electron chi connectivity index (χ4n) is 2.82. The summed E-state index contributed by atoms with van der Waals surface area (Å²) in [5, 5.41) is 9.58. The van der Waals surface area contributed by atoms with Gasteiger partial charge in [0, 0.05) is 5.69 Å². The van der Waals surface area contributed by atoms with Crippen LogP contribution in [0.25, 0.3) is 0 Å². The van der Waals surface area contributed by atoms with Crippen molar-refractivity contribution in [3.63, 3.8) is 0 Å². The lowest BCUT2D eigenvalue weighted by Crippen LogP contribution is -2.52. The second-order valence-electron chi connectivity index (χ2n) is 5.75. The normalized spacial score (nSPS) is 18.6. The third-order valence-corrected chi connectivity index (χ3v) is 5.58. The van der Waals surface area contributed by atoms with Gasteiger partial charge in [0.25, 0.3) is 0 Å². The van der Waals surface area contributed by atoms with Crippen LogP contribution in [-0.2, 0) is 10.0 Å². The van der Waals surface area contributed by atoms with Gasteiger partial charge in [-0.2, -0.15) is 0 Å². The van der Waals surface area contributed by atoms with E-state index in [0.29, 0.717) is 12.8 Å². The Labute approximate surface area is 124 Å². The van der Waals surface area contributed by atoms with Gasteiger partial charge in [0.1, 0.15) is 10.7 Å². The average Bonchev–Trinajstić information content (AvgIpc) is 2.43. The van der Waals surface area contributed by atoms with Crippen LogP contribution in [0.4, 0.5) is 10.1 Å². The van der Waals surface area contributed by atoms with Crippen LogP contribution in [0.15, 0.2) is 17.0 Å². The topological polar surface area (TPSA) is 92.4 Å². The highest BCUT2D eigenvalue weighted by atomic mass is 32.2. The van der Waals surface area contributed by atoms with Crippen LogP contribution in [-0.4, -0.2) is 25.7 Å². The van der Waals surface area contributed by atoms with Crippen molar-refractivity contribution in [3.8, 4) is 0 Å². The Kier molecular flexibility index (Phi) is 4.55. The molecule has 0 saturated heterocycles. The van der Waals surface area contributed by atoms with Crippen molar-refractivity contribution >= 4 is 15.7 Å². The number of halogens is 1. The molecular weight excluding hydrogens is 295 g/mol. The molecule has 2 rings (SSSR count). The molecule has 0 heterocycles. The summed E-state index contributed by atoms with van der Waals surface area (Å²) in [6, 6.07) is 2.50. The molecular formula is C14H21FN2O3S. The highest BCUT2D eigenvalue weighted by Crippen LogP contribution is 2.30. The molecule has 21 heavy (non-hydrogen) atoms. The van der Waals surface area contributed by atoms with E-state index >= 15 is 0 Å². The standard InChI is InChI=1S/C14H21FN2O3S/c1-10-7-11(16)8-12(13(10)15)21(19,20)17-14(9-18)5-3-2-4-6-14/h7-8,17-18H,2-6,9,16H2,1H3. The number of hydrogen-bond acceptors (Lipinski definition) is 4. The minimum absolute atomic E-state index is 0.178. The summed E-state index contributed by atoms with van der Waals surface area (Å²) in [7, 11) is -4.07. The molecule has 0 radical (unpaired) electrons. The number of aryl methyl sites for hydroxylation is 1. The van der Waals surface area contributed by atoms with Crippen LogP contribution in [0.5, 0.6) is 0 Å². The summed E-state index contributed by atoms with van der Waals surface area (Å²) in [5.41, 5.74) is 5.08. The first-order valence-electron chi connectivity index (χ1n) is 7.00. The lowest BCUT2D eigenvalue weighted by Gasteiger charge is -2.36. The second kappa shape index (κ2) is 5.90. The van der Waals surface area contributed by atoms with E-state index in [9.17, 15) is 17.9 Å². The molecule has 7 heteroatoms. The van der Waals surface area contributed by atoms with E-state index in [1.54, 1.807) is 0 Å². The number of benzene rings is 1. The quantitative estimate of drug-likeness (QED) is 0.737. The maximum absolute atomic E-state index is 14.1. The van der Waals surface area contributed by atoms with E-state index in [0.717, 1.165) is 25.3 Å². The third kappa shape index (κ3) is 3.36. The smallest absolute Gasteiger partial charge is 0.244 e. The van der Waals surface area contributed by atoms with Crippen molar-refractivity contribution < 1.29 is 17.9 Å². The Bertz CT molecular complexity index is 625. The number of rotatable bonds is 4. The lowest BCUT2D eigenvalue weighted by molar-refractivity contribution is 0.142. The molecule has 5 nitrogen and oxygen atoms in total. The zero-order valence-corrected chi connectivity index (χ0v) is 12.8. The molecule has 0 amide bonds. The fraction of sp³-hybridized carbons (Fsp3) is 0.571. The van der Waals surface area contributed by atoms with E-state index < -0.39 is 26.3 Å². The molecule has 118 valence electrons. The van der Waals surface area contributed by atoms with Crippen LogP contribution < -0.4 is 10.5 Å². The van der Waals surface area contributed by atoms with E-state index in [1.807, 2.05) is 0 Å². The van der Waals surface area contributed by atoms with Gasteiger partial charge in [-0.05, 0) is 37.5 Å². The number of sulfonamides is 1. The summed E-state index contributed by atoms with van der Waals surface area (Å²) < 4.78 is 41.6. The van der Waals surface area contributed by atoms with Gasteiger partial charge in [0.15, 0.2) is 0 Å². The van der Waals surface area contributed by atoms with E-state index in [-0.39, 0.29) is 17.9 Å². The van der Waals surface area contributed by atoms with Crippen molar-refractivity contribution in [2.75, 3.05) is 12.3 Å². The van der Waals surface area contributed by atoms with Gasteiger partial charge in [-0.25, -0.2) is 17.5 Å². The molecule has 0 aromatic heterocycles. The molecule has 0 atom stereocenters. The first kappa shape index (κ1) is 16.2. The number of nitrogens with two attached hydrogens (primary N) is 1. The fourth-order valence-corrected chi connectivity index (χ4v) is 4.46. The number of aliphatic hydroxyl groups is 1. The second-order valence-corrected chi connectivity index (χ2v) is 7.41. The summed E-state index contributed by atoms with van der Waals surface area (Å²) in [6.45, 7) is 1.17. The molecule has 0 spiro atoms. The molecule has 1 aromatic carbocycles. The van der Waals surface area contributed by atoms with Gasteiger partial charge in [0.2, 0.25) is 10.0 Å². The first-order valence-corrected chi connectivity index (χ1v) is 8.48. The van der Waals surface area contributed by atoms with Crippen LogP contribution in [0.3, 0.4) is 0 Å². The average molecular weight is 316 g/mol. The number of aliphatic hydroxyl groups excluding tert-OH is 1. The molecule has 1 aliphatic rings. The van der Waals surface area contributed by atoms with Crippen molar-refractivity contribution in [2.45, 2.75) is 49.5 Å². The monoisotopic (exact) mass is 316 g/mol. The lowest BCUT2D eigenvalue weighted by atomic mass is 9.83. The molecule has 0 unspecified atom stereocenters. The molecule has 0 aliphatic heterocycles. The van der Waals surface area contributed by atoms with Gasteiger partial charge in [-0.15, -0.1) is 0 Å². The highest BCUT2D eigenvalue weighted by Gasteiger charge is 2.37.